The van der Waals surface area contributed by atoms with Gasteiger partial charge in [0.25, 0.3) is 0 Å². The highest BCUT2D eigenvalue weighted by atomic mass is 32.2. The summed E-state index contributed by atoms with van der Waals surface area (Å²) < 4.78 is 0. The topological polar surface area (TPSA) is 60.9 Å². The van der Waals surface area contributed by atoms with E-state index >= 15 is 0 Å². The number of carboxylic acid groups (broad SMARTS) is 1. The van der Waals surface area contributed by atoms with Crippen LogP contribution in [0.3, 0.4) is 0 Å². The molecule has 2 amide bonds. The number of nitrogens with zero attached hydrogens (tertiary/aromatic N) is 2. The van der Waals surface area contributed by atoms with E-state index in [-0.39, 0.29) is 17.9 Å². The lowest BCUT2D eigenvalue weighted by Crippen LogP contribution is -2.50. The van der Waals surface area contributed by atoms with E-state index in [1.807, 2.05) is 6.92 Å². The summed E-state index contributed by atoms with van der Waals surface area (Å²) in [7, 11) is 1.58. The highest BCUT2D eigenvalue weighted by molar-refractivity contribution is 8.00. The van der Waals surface area contributed by atoms with E-state index in [2.05, 4.69) is 5.92 Å². The third-order valence-corrected chi connectivity index (χ3v) is 4.06. The van der Waals surface area contributed by atoms with Crippen molar-refractivity contribution in [3.8, 4) is 12.3 Å². The molecule has 17 heavy (non-hydrogen) atoms. The second kappa shape index (κ2) is 5.82. The van der Waals surface area contributed by atoms with Gasteiger partial charge in [0.15, 0.2) is 0 Å². The Kier molecular flexibility index (Phi) is 4.70. The fraction of sp³-hybridized carbons (Fsp3) is 0.636. The Morgan fingerprint density at radius 2 is 2.29 bits per heavy atom. The van der Waals surface area contributed by atoms with Crippen molar-refractivity contribution in [3.63, 3.8) is 0 Å². The van der Waals surface area contributed by atoms with Gasteiger partial charge in [-0.2, -0.15) is 0 Å². The zero-order chi connectivity index (χ0) is 13.0. The van der Waals surface area contributed by atoms with Crippen molar-refractivity contribution in [2.24, 2.45) is 0 Å². The van der Waals surface area contributed by atoms with E-state index in [1.165, 1.54) is 21.6 Å². The van der Waals surface area contributed by atoms with Crippen LogP contribution < -0.4 is 0 Å². The molecule has 0 saturated carbocycles. The van der Waals surface area contributed by atoms with Gasteiger partial charge in [-0.05, 0) is 6.42 Å². The van der Waals surface area contributed by atoms with E-state index in [4.69, 9.17) is 11.5 Å². The zero-order valence-corrected chi connectivity index (χ0v) is 10.7. The summed E-state index contributed by atoms with van der Waals surface area (Å²) in [5.41, 5.74) is 0. The minimum absolute atomic E-state index is 0.0798. The number of urea groups is 1. The third-order valence-electron chi connectivity index (χ3n) is 2.60. The molecule has 0 radical (unpaired) electrons. The van der Waals surface area contributed by atoms with Crippen molar-refractivity contribution in [2.75, 3.05) is 19.3 Å². The van der Waals surface area contributed by atoms with Crippen LogP contribution in [0.2, 0.25) is 0 Å². The van der Waals surface area contributed by atoms with Crippen molar-refractivity contribution in [1.29, 1.82) is 0 Å². The van der Waals surface area contributed by atoms with Crippen LogP contribution in [0.25, 0.3) is 0 Å². The van der Waals surface area contributed by atoms with Gasteiger partial charge in [-0.1, -0.05) is 12.8 Å². The number of hydrogen-bond acceptors (Lipinski definition) is 3. The summed E-state index contributed by atoms with van der Waals surface area (Å²) in [6.07, 6.45) is 5.87. The molecule has 0 bridgehead atoms. The molecule has 0 aromatic rings. The highest BCUT2D eigenvalue weighted by Gasteiger charge is 2.41. The van der Waals surface area contributed by atoms with E-state index in [1.54, 1.807) is 7.05 Å². The molecule has 0 aromatic heterocycles. The standard InChI is InChI=1S/C11H16N2O3S/c1-4-6-12(3)11(16)13-8(10(14)15)7-17-9(13)5-2/h1,8-9H,5-7H2,2-3H3,(H,14,15). The van der Waals surface area contributed by atoms with Crippen molar-refractivity contribution in [3.05, 3.63) is 0 Å². The molecule has 1 aliphatic rings. The van der Waals surface area contributed by atoms with Gasteiger partial charge in [-0.15, -0.1) is 18.2 Å². The number of thioether (sulfide) groups is 1. The molecular formula is C11H16N2O3S. The SMILES string of the molecule is C#CCN(C)C(=O)N1C(CC)SCC1C(=O)O. The van der Waals surface area contributed by atoms with Crippen LogP contribution in [-0.4, -0.2) is 57.7 Å². The Morgan fingerprint density at radius 1 is 1.65 bits per heavy atom. The maximum Gasteiger partial charge on any atom is 0.327 e. The zero-order valence-electron chi connectivity index (χ0n) is 9.92. The predicted octanol–water partition coefficient (Wildman–Crippen LogP) is 0.910. The Labute approximate surface area is 105 Å². The fourth-order valence-corrected chi connectivity index (χ4v) is 3.07. The van der Waals surface area contributed by atoms with E-state index in [9.17, 15) is 9.59 Å². The fourth-order valence-electron chi connectivity index (χ4n) is 1.73. The van der Waals surface area contributed by atoms with Gasteiger partial charge >= 0.3 is 12.0 Å². The maximum atomic E-state index is 12.1. The Bertz CT molecular complexity index is 353. The van der Waals surface area contributed by atoms with Crippen molar-refractivity contribution in [2.45, 2.75) is 24.8 Å². The molecule has 0 aliphatic carbocycles. The molecule has 1 heterocycles. The molecule has 2 atom stereocenters. The van der Waals surface area contributed by atoms with Crippen molar-refractivity contribution < 1.29 is 14.7 Å². The van der Waals surface area contributed by atoms with Gasteiger partial charge in [0.1, 0.15) is 6.04 Å². The van der Waals surface area contributed by atoms with E-state index in [0.29, 0.717) is 5.75 Å². The lowest BCUT2D eigenvalue weighted by atomic mass is 10.2. The number of amides is 2. The molecule has 5 nitrogen and oxygen atoms in total. The summed E-state index contributed by atoms with van der Waals surface area (Å²) in [5, 5.41) is 9.01. The van der Waals surface area contributed by atoms with Crippen molar-refractivity contribution in [1.82, 2.24) is 9.80 Å². The molecule has 1 saturated heterocycles. The average Bonchev–Trinajstić information content (AvgIpc) is 2.71. The minimum Gasteiger partial charge on any atom is -0.480 e. The Balaban J connectivity index is 2.85. The lowest BCUT2D eigenvalue weighted by Gasteiger charge is -2.30. The largest absolute Gasteiger partial charge is 0.480 e. The first-order valence-electron chi connectivity index (χ1n) is 5.34. The highest BCUT2D eigenvalue weighted by Crippen LogP contribution is 2.32. The van der Waals surface area contributed by atoms with Crippen LogP contribution in [0.15, 0.2) is 0 Å². The van der Waals surface area contributed by atoms with Crippen LogP contribution in [0.1, 0.15) is 13.3 Å². The molecule has 0 spiro atoms. The third kappa shape index (κ3) is 2.86. The molecule has 1 rings (SSSR count). The summed E-state index contributed by atoms with van der Waals surface area (Å²) in [4.78, 5) is 26.0. The molecule has 6 heteroatoms. The summed E-state index contributed by atoms with van der Waals surface area (Å²) in [5.74, 6) is 1.84. The molecule has 2 unspecified atom stereocenters. The number of terminal acetylenes is 1. The smallest absolute Gasteiger partial charge is 0.327 e. The predicted molar refractivity (Wildman–Crippen MR) is 66.7 cm³/mol. The van der Waals surface area contributed by atoms with Crippen molar-refractivity contribution >= 4 is 23.8 Å². The van der Waals surface area contributed by atoms with Crippen LogP contribution >= 0.6 is 11.8 Å². The lowest BCUT2D eigenvalue weighted by molar-refractivity contribution is -0.141. The Hall–Kier alpha value is -1.35. The number of carbonyl (C=O) groups is 2. The van der Waals surface area contributed by atoms with Crippen LogP contribution in [0, 0.1) is 12.3 Å². The number of aliphatic carboxylic acids is 1. The van der Waals surface area contributed by atoms with Gasteiger partial charge < -0.3 is 10.0 Å². The normalized spacial score (nSPS) is 23.2. The van der Waals surface area contributed by atoms with Gasteiger partial charge in [0, 0.05) is 12.8 Å². The summed E-state index contributed by atoms with van der Waals surface area (Å²) >= 11 is 1.50. The number of carbonyl (C=O) groups excluding carboxylic acids is 1. The minimum atomic E-state index is -0.962. The molecular weight excluding hydrogens is 240 g/mol. The number of carboxylic acids is 1. The van der Waals surface area contributed by atoms with Crippen LogP contribution in [0.5, 0.6) is 0 Å². The first-order valence-corrected chi connectivity index (χ1v) is 6.39. The van der Waals surface area contributed by atoms with Gasteiger partial charge in [0.05, 0.1) is 11.9 Å². The maximum absolute atomic E-state index is 12.1. The van der Waals surface area contributed by atoms with E-state index in [0.717, 1.165) is 6.42 Å². The number of hydrogen-bond donors (Lipinski definition) is 1. The first kappa shape index (κ1) is 13.7. The molecule has 1 aliphatic heterocycles. The monoisotopic (exact) mass is 256 g/mol. The second-order valence-electron chi connectivity index (χ2n) is 3.80. The van der Waals surface area contributed by atoms with Crippen LogP contribution in [-0.2, 0) is 4.79 Å². The van der Waals surface area contributed by atoms with E-state index < -0.39 is 12.0 Å². The Morgan fingerprint density at radius 3 is 2.76 bits per heavy atom. The van der Waals surface area contributed by atoms with Gasteiger partial charge in [0.2, 0.25) is 0 Å². The second-order valence-corrected chi connectivity index (χ2v) is 5.01. The number of rotatable bonds is 3. The van der Waals surface area contributed by atoms with Gasteiger partial charge in [-0.25, -0.2) is 9.59 Å². The quantitative estimate of drug-likeness (QED) is 0.762. The average molecular weight is 256 g/mol. The molecule has 1 N–H and O–H groups in total. The first-order chi connectivity index (χ1) is 8.02. The summed E-state index contributed by atoms with van der Waals surface area (Å²) in [6, 6.07) is -1.06. The molecule has 0 aromatic carbocycles. The van der Waals surface area contributed by atoms with Gasteiger partial charge in [-0.3, -0.25) is 4.90 Å². The summed E-state index contributed by atoms with van der Waals surface area (Å²) in [6.45, 7) is 2.12. The van der Waals surface area contributed by atoms with Crippen LogP contribution in [0.4, 0.5) is 4.79 Å². The molecule has 94 valence electrons. The molecule has 1 fully saturated rings.